The zero-order chi connectivity index (χ0) is 15.9. The molecular formula is C16H17ClN2O3. The number of methoxy groups -OCH3 is 1. The van der Waals surface area contributed by atoms with E-state index in [9.17, 15) is 9.90 Å². The van der Waals surface area contributed by atoms with Crippen LogP contribution in [0, 0.1) is 0 Å². The van der Waals surface area contributed by atoms with Gasteiger partial charge in [0.25, 0.3) is 0 Å². The molecule has 1 heterocycles. The SMILES string of the molecule is CCn1nc(C2CC2)cc1-c1cc(OC)c(C(=O)O)cc1Cl. The van der Waals surface area contributed by atoms with Crippen LogP contribution in [0.3, 0.4) is 0 Å². The number of carboxylic acid groups (broad SMARTS) is 1. The van der Waals surface area contributed by atoms with Crippen LogP contribution in [0.25, 0.3) is 11.3 Å². The van der Waals surface area contributed by atoms with Gasteiger partial charge in [0.1, 0.15) is 11.3 Å². The molecule has 0 bridgehead atoms. The predicted octanol–water partition coefficient (Wildman–Crippen LogP) is 3.81. The molecule has 1 N–H and O–H groups in total. The molecule has 6 heteroatoms. The van der Waals surface area contributed by atoms with Crippen LogP contribution in [-0.2, 0) is 6.54 Å². The fraction of sp³-hybridized carbons (Fsp3) is 0.375. The van der Waals surface area contributed by atoms with Crippen molar-refractivity contribution >= 4 is 17.6 Å². The molecule has 1 aromatic carbocycles. The molecule has 0 unspecified atom stereocenters. The van der Waals surface area contributed by atoms with E-state index >= 15 is 0 Å². The third kappa shape index (κ3) is 2.57. The van der Waals surface area contributed by atoms with E-state index in [2.05, 4.69) is 5.10 Å². The first-order valence-corrected chi connectivity index (χ1v) is 7.61. The molecule has 3 rings (SSSR count). The van der Waals surface area contributed by atoms with Crippen LogP contribution in [0.5, 0.6) is 5.75 Å². The quantitative estimate of drug-likeness (QED) is 0.910. The van der Waals surface area contributed by atoms with Crippen LogP contribution < -0.4 is 4.74 Å². The van der Waals surface area contributed by atoms with Crippen LogP contribution in [0.4, 0.5) is 0 Å². The minimum absolute atomic E-state index is 0.0567. The number of hydrogen-bond acceptors (Lipinski definition) is 3. The number of halogens is 1. The van der Waals surface area contributed by atoms with Crippen molar-refractivity contribution in [2.24, 2.45) is 0 Å². The molecule has 1 aliphatic rings. The van der Waals surface area contributed by atoms with E-state index < -0.39 is 5.97 Å². The van der Waals surface area contributed by atoms with Gasteiger partial charge < -0.3 is 9.84 Å². The standard InChI is InChI=1S/C16H17ClN2O3/c1-3-19-14(8-13(18-19)9-4-5-9)10-7-15(22-2)11(16(20)21)6-12(10)17/h6-9H,3-5H2,1-2H3,(H,20,21). The topological polar surface area (TPSA) is 64.4 Å². The molecule has 2 aromatic rings. The molecule has 22 heavy (non-hydrogen) atoms. The average Bonchev–Trinajstić information content (AvgIpc) is 3.26. The van der Waals surface area contributed by atoms with E-state index in [0.717, 1.165) is 23.5 Å². The molecule has 0 radical (unpaired) electrons. The van der Waals surface area contributed by atoms with Crippen molar-refractivity contribution in [3.8, 4) is 17.0 Å². The number of nitrogens with zero attached hydrogens (tertiary/aromatic N) is 2. The Kier molecular flexibility index (Phi) is 3.83. The van der Waals surface area contributed by atoms with Gasteiger partial charge in [-0.1, -0.05) is 11.6 Å². The molecule has 1 saturated carbocycles. The highest BCUT2D eigenvalue weighted by molar-refractivity contribution is 6.33. The van der Waals surface area contributed by atoms with Crippen LogP contribution in [0.15, 0.2) is 18.2 Å². The van der Waals surface area contributed by atoms with Crippen LogP contribution in [0.2, 0.25) is 5.02 Å². The summed E-state index contributed by atoms with van der Waals surface area (Å²) >= 11 is 6.31. The van der Waals surface area contributed by atoms with E-state index in [1.54, 1.807) is 6.07 Å². The molecule has 0 amide bonds. The fourth-order valence-electron chi connectivity index (χ4n) is 2.56. The zero-order valence-electron chi connectivity index (χ0n) is 12.5. The number of carbonyl (C=O) groups is 1. The van der Waals surface area contributed by atoms with Crippen molar-refractivity contribution in [2.45, 2.75) is 32.2 Å². The van der Waals surface area contributed by atoms with Crippen molar-refractivity contribution in [3.05, 3.63) is 34.5 Å². The van der Waals surface area contributed by atoms with Gasteiger partial charge in [-0.3, -0.25) is 4.68 Å². The Morgan fingerprint density at radius 1 is 1.45 bits per heavy atom. The summed E-state index contributed by atoms with van der Waals surface area (Å²) in [5.41, 5.74) is 2.77. The summed E-state index contributed by atoms with van der Waals surface area (Å²) in [6, 6.07) is 5.15. The lowest BCUT2D eigenvalue weighted by Gasteiger charge is -2.11. The number of benzene rings is 1. The number of aryl methyl sites for hydroxylation is 1. The van der Waals surface area contributed by atoms with Crippen molar-refractivity contribution in [1.82, 2.24) is 9.78 Å². The highest BCUT2D eigenvalue weighted by Crippen LogP contribution is 2.42. The van der Waals surface area contributed by atoms with Crippen molar-refractivity contribution < 1.29 is 14.6 Å². The number of ether oxygens (including phenoxy) is 1. The number of rotatable bonds is 5. The van der Waals surface area contributed by atoms with Crippen LogP contribution in [0.1, 0.15) is 41.7 Å². The Balaban J connectivity index is 2.13. The van der Waals surface area contributed by atoms with Gasteiger partial charge in [-0.2, -0.15) is 5.10 Å². The van der Waals surface area contributed by atoms with Gasteiger partial charge in [-0.05, 0) is 38.0 Å². The van der Waals surface area contributed by atoms with Crippen LogP contribution >= 0.6 is 11.6 Å². The first-order chi connectivity index (χ1) is 10.5. The molecule has 1 aromatic heterocycles. The third-order valence-corrected chi connectivity index (χ3v) is 4.20. The van der Waals surface area contributed by atoms with E-state index in [0.29, 0.717) is 16.7 Å². The van der Waals surface area contributed by atoms with Gasteiger partial charge >= 0.3 is 5.97 Å². The maximum absolute atomic E-state index is 11.2. The first kappa shape index (κ1) is 14.9. The Hall–Kier alpha value is -2.01. The minimum atomic E-state index is -1.06. The van der Waals surface area contributed by atoms with Gasteiger partial charge in [-0.25, -0.2) is 4.79 Å². The zero-order valence-corrected chi connectivity index (χ0v) is 13.2. The number of aromatic carboxylic acids is 1. The summed E-state index contributed by atoms with van der Waals surface area (Å²) < 4.78 is 7.09. The van der Waals surface area contributed by atoms with Gasteiger partial charge in [0.2, 0.25) is 0 Å². The maximum Gasteiger partial charge on any atom is 0.339 e. The molecule has 0 atom stereocenters. The fourth-order valence-corrected chi connectivity index (χ4v) is 2.82. The molecule has 1 aliphatic carbocycles. The van der Waals surface area contributed by atoms with Gasteiger partial charge in [-0.15, -0.1) is 0 Å². The summed E-state index contributed by atoms with van der Waals surface area (Å²) in [7, 11) is 1.45. The van der Waals surface area contributed by atoms with Crippen molar-refractivity contribution in [3.63, 3.8) is 0 Å². The molecule has 0 aliphatic heterocycles. The Morgan fingerprint density at radius 3 is 2.73 bits per heavy atom. The lowest BCUT2D eigenvalue weighted by Crippen LogP contribution is -2.03. The summed E-state index contributed by atoms with van der Waals surface area (Å²) in [4.78, 5) is 11.2. The second-order valence-electron chi connectivity index (χ2n) is 5.38. The van der Waals surface area contributed by atoms with Gasteiger partial charge in [0.05, 0.1) is 23.5 Å². The van der Waals surface area contributed by atoms with E-state index in [4.69, 9.17) is 16.3 Å². The molecule has 1 fully saturated rings. The Morgan fingerprint density at radius 2 is 2.18 bits per heavy atom. The van der Waals surface area contributed by atoms with Gasteiger partial charge in [0.15, 0.2) is 0 Å². The van der Waals surface area contributed by atoms with E-state index in [-0.39, 0.29) is 5.56 Å². The largest absolute Gasteiger partial charge is 0.496 e. The van der Waals surface area contributed by atoms with E-state index in [1.165, 1.54) is 26.0 Å². The smallest absolute Gasteiger partial charge is 0.339 e. The summed E-state index contributed by atoms with van der Waals surface area (Å²) in [6.07, 6.45) is 2.35. The molecule has 0 spiro atoms. The summed E-state index contributed by atoms with van der Waals surface area (Å²) in [5, 5.41) is 14.2. The van der Waals surface area contributed by atoms with Crippen molar-refractivity contribution in [2.75, 3.05) is 7.11 Å². The highest BCUT2D eigenvalue weighted by atomic mass is 35.5. The second kappa shape index (κ2) is 5.65. The number of aromatic nitrogens is 2. The lowest BCUT2D eigenvalue weighted by molar-refractivity contribution is 0.0693. The molecule has 5 nitrogen and oxygen atoms in total. The normalized spacial score (nSPS) is 14.1. The van der Waals surface area contributed by atoms with E-state index in [1.807, 2.05) is 17.7 Å². The predicted molar refractivity (Wildman–Crippen MR) is 83.8 cm³/mol. The maximum atomic E-state index is 11.2. The molecule has 0 saturated heterocycles. The molecular weight excluding hydrogens is 304 g/mol. The lowest BCUT2D eigenvalue weighted by atomic mass is 10.1. The monoisotopic (exact) mass is 320 g/mol. The second-order valence-corrected chi connectivity index (χ2v) is 5.79. The average molecular weight is 321 g/mol. The van der Waals surface area contributed by atoms with Crippen molar-refractivity contribution in [1.29, 1.82) is 0 Å². The molecule has 116 valence electrons. The van der Waals surface area contributed by atoms with Gasteiger partial charge in [0, 0.05) is 18.0 Å². The first-order valence-electron chi connectivity index (χ1n) is 7.24. The summed E-state index contributed by atoms with van der Waals surface area (Å²) in [6.45, 7) is 2.74. The minimum Gasteiger partial charge on any atom is -0.496 e. The Labute approximate surface area is 133 Å². The number of carboxylic acids is 1. The van der Waals surface area contributed by atoms with Crippen LogP contribution in [-0.4, -0.2) is 28.0 Å². The third-order valence-electron chi connectivity index (χ3n) is 3.89. The number of hydrogen-bond donors (Lipinski definition) is 1. The Bertz CT molecular complexity index is 735. The summed E-state index contributed by atoms with van der Waals surface area (Å²) in [5.74, 6) is -0.220. The highest BCUT2D eigenvalue weighted by Gasteiger charge is 2.28.